The van der Waals surface area contributed by atoms with E-state index in [2.05, 4.69) is 5.32 Å². The number of rotatable bonds is 3. The summed E-state index contributed by atoms with van der Waals surface area (Å²) < 4.78 is 25.7. The Morgan fingerprint density at radius 1 is 1.33 bits per heavy atom. The molecule has 1 aliphatic heterocycles. The zero-order valence-corrected chi connectivity index (χ0v) is 10.4. The molecule has 6 nitrogen and oxygen atoms in total. The smallest absolute Gasteiger partial charge is 0.264 e. The number of aliphatic hydroxyl groups is 1. The summed E-state index contributed by atoms with van der Waals surface area (Å²) in [5.41, 5.74) is 0. The average molecular weight is 270 g/mol. The Balaban J connectivity index is 2.07. The molecule has 1 aromatic rings. The van der Waals surface area contributed by atoms with Gasteiger partial charge in [-0.25, -0.2) is 13.1 Å². The van der Waals surface area contributed by atoms with Gasteiger partial charge in [-0.3, -0.25) is 4.79 Å². The maximum absolute atomic E-state index is 11.9. The van der Waals surface area contributed by atoms with E-state index >= 15 is 0 Å². The molecule has 98 valence electrons. The molecular weight excluding hydrogens is 256 g/mol. The highest BCUT2D eigenvalue weighted by Gasteiger charge is 2.30. The number of benzene rings is 1. The molecule has 0 spiro atoms. The van der Waals surface area contributed by atoms with Crippen molar-refractivity contribution in [1.29, 1.82) is 0 Å². The Morgan fingerprint density at radius 2 is 2.00 bits per heavy atom. The summed E-state index contributed by atoms with van der Waals surface area (Å²) in [5.74, 6) is -0.643. The molecule has 1 fully saturated rings. The Labute approximate surface area is 105 Å². The second-order valence-electron chi connectivity index (χ2n) is 4.13. The van der Waals surface area contributed by atoms with Gasteiger partial charge in [-0.2, -0.15) is 0 Å². The number of β-amino-alcohol motifs (C(OH)–C–C–N with tert-alkyl or cyclic N) is 1. The highest BCUT2D eigenvalue weighted by Crippen LogP contribution is 2.10. The number of aliphatic hydroxyl groups excluding tert-OH is 1. The molecule has 1 aromatic carbocycles. The number of sulfonamides is 1. The third-order valence-electron chi connectivity index (χ3n) is 2.71. The Morgan fingerprint density at radius 3 is 2.56 bits per heavy atom. The van der Waals surface area contributed by atoms with Crippen LogP contribution in [0.1, 0.15) is 6.42 Å². The quantitative estimate of drug-likeness (QED) is 0.669. The zero-order valence-electron chi connectivity index (χ0n) is 9.54. The summed E-state index contributed by atoms with van der Waals surface area (Å²) in [5, 5.41) is 12.0. The summed E-state index contributed by atoms with van der Waals surface area (Å²) in [4.78, 5) is 11.8. The third kappa shape index (κ3) is 2.87. The molecule has 0 aromatic heterocycles. The van der Waals surface area contributed by atoms with Crippen molar-refractivity contribution in [2.45, 2.75) is 23.5 Å². The Hall–Kier alpha value is -1.44. The van der Waals surface area contributed by atoms with Crippen LogP contribution in [0.15, 0.2) is 35.2 Å². The summed E-state index contributed by atoms with van der Waals surface area (Å²) >= 11 is 0. The first-order chi connectivity index (χ1) is 8.49. The molecule has 0 radical (unpaired) electrons. The summed E-state index contributed by atoms with van der Waals surface area (Å²) in [6.45, 7) is 0.295. The van der Waals surface area contributed by atoms with Gasteiger partial charge in [0.15, 0.2) is 0 Å². The molecule has 2 atom stereocenters. The molecule has 2 unspecified atom stereocenters. The van der Waals surface area contributed by atoms with Crippen molar-refractivity contribution in [3.63, 3.8) is 0 Å². The van der Waals surface area contributed by atoms with E-state index in [1.807, 2.05) is 4.72 Å². The van der Waals surface area contributed by atoms with Gasteiger partial charge in [0.1, 0.15) is 0 Å². The van der Waals surface area contributed by atoms with E-state index in [1.54, 1.807) is 18.2 Å². The van der Waals surface area contributed by atoms with Crippen LogP contribution < -0.4 is 10.0 Å². The van der Waals surface area contributed by atoms with Crippen molar-refractivity contribution >= 4 is 15.9 Å². The number of hydrogen-bond acceptors (Lipinski definition) is 5. The van der Waals surface area contributed by atoms with Crippen LogP contribution in [0.5, 0.6) is 0 Å². The van der Waals surface area contributed by atoms with E-state index in [9.17, 15) is 18.3 Å². The molecule has 3 N–H and O–H groups in total. The van der Waals surface area contributed by atoms with Crippen LogP contribution in [-0.4, -0.2) is 38.1 Å². The van der Waals surface area contributed by atoms with Gasteiger partial charge < -0.3 is 10.4 Å². The van der Waals surface area contributed by atoms with Gasteiger partial charge in [0.05, 0.1) is 17.0 Å². The molecule has 18 heavy (non-hydrogen) atoms. The van der Waals surface area contributed by atoms with Crippen molar-refractivity contribution in [3.05, 3.63) is 30.3 Å². The van der Waals surface area contributed by atoms with Crippen LogP contribution in [0.2, 0.25) is 0 Å². The molecule has 7 heteroatoms. The largest absolute Gasteiger partial charge is 0.392 e. The van der Waals surface area contributed by atoms with Crippen molar-refractivity contribution in [2.75, 3.05) is 6.54 Å². The lowest BCUT2D eigenvalue weighted by atomic mass is 10.2. The molecule has 2 rings (SSSR count). The lowest BCUT2D eigenvalue weighted by Crippen LogP contribution is -2.43. The average Bonchev–Trinajstić information content (AvgIpc) is 2.77. The molecule has 1 heterocycles. The number of hydrogen-bond donors (Lipinski definition) is 3. The lowest BCUT2D eigenvalue weighted by Gasteiger charge is -2.11. The summed E-state index contributed by atoms with van der Waals surface area (Å²) in [6, 6.07) is 7.00. The first kappa shape index (κ1) is 13.0. The van der Waals surface area contributed by atoms with Crippen molar-refractivity contribution in [2.24, 2.45) is 0 Å². The lowest BCUT2D eigenvalue weighted by molar-refractivity contribution is -0.121. The minimum atomic E-state index is -3.84. The normalized spacial score (nSPS) is 23.8. The topological polar surface area (TPSA) is 95.5 Å². The highest BCUT2D eigenvalue weighted by molar-refractivity contribution is 7.90. The SMILES string of the molecule is O=C(NS(=O)(=O)c1ccccc1)C1CC(O)CN1. The molecule has 0 saturated carbocycles. The fourth-order valence-corrected chi connectivity index (χ4v) is 2.82. The van der Waals surface area contributed by atoms with E-state index in [-0.39, 0.29) is 11.3 Å². The van der Waals surface area contributed by atoms with Crippen LogP contribution in [0, 0.1) is 0 Å². The predicted molar refractivity (Wildman–Crippen MR) is 64.2 cm³/mol. The summed E-state index contributed by atoms with van der Waals surface area (Å²) in [6.07, 6.45) is -0.393. The van der Waals surface area contributed by atoms with Crippen molar-refractivity contribution in [3.8, 4) is 0 Å². The maximum Gasteiger partial charge on any atom is 0.264 e. The number of amides is 1. The first-order valence-electron chi connectivity index (χ1n) is 5.52. The monoisotopic (exact) mass is 270 g/mol. The van der Waals surface area contributed by atoms with E-state index < -0.39 is 28.1 Å². The van der Waals surface area contributed by atoms with Crippen LogP contribution in [0.25, 0.3) is 0 Å². The van der Waals surface area contributed by atoms with Crippen LogP contribution >= 0.6 is 0 Å². The molecule has 1 aliphatic rings. The zero-order chi connectivity index (χ0) is 13.2. The second kappa shape index (κ2) is 5.05. The van der Waals surface area contributed by atoms with Gasteiger partial charge in [0.25, 0.3) is 15.9 Å². The summed E-state index contributed by atoms with van der Waals surface area (Å²) in [7, 11) is -3.84. The fourth-order valence-electron chi connectivity index (χ4n) is 1.78. The number of nitrogens with one attached hydrogen (secondary N) is 2. The van der Waals surface area contributed by atoms with Gasteiger partial charge in [0, 0.05) is 6.54 Å². The number of carbonyl (C=O) groups is 1. The number of carbonyl (C=O) groups excluding carboxylic acids is 1. The van der Waals surface area contributed by atoms with E-state index in [1.165, 1.54) is 12.1 Å². The van der Waals surface area contributed by atoms with Crippen molar-refractivity contribution < 1.29 is 18.3 Å². The van der Waals surface area contributed by atoms with Crippen LogP contribution in [-0.2, 0) is 14.8 Å². The Bertz CT molecular complexity index is 529. The van der Waals surface area contributed by atoms with Crippen LogP contribution in [0.4, 0.5) is 0 Å². The fraction of sp³-hybridized carbons (Fsp3) is 0.364. The van der Waals surface area contributed by atoms with Gasteiger partial charge >= 0.3 is 0 Å². The molecule has 0 bridgehead atoms. The third-order valence-corrected chi connectivity index (χ3v) is 4.08. The minimum absolute atomic E-state index is 0.0388. The van der Waals surface area contributed by atoms with Gasteiger partial charge in [-0.15, -0.1) is 0 Å². The first-order valence-corrected chi connectivity index (χ1v) is 7.00. The van der Waals surface area contributed by atoms with Gasteiger partial charge in [-0.05, 0) is 18.6 Å². The predicted octanol–water partition coefficient (Wildman–Crippen LogP) is -0.786. The van der Waals surface area contributed by atoms with Crippen LogP contribution in [0.3, 0.4) is 0 Å². The molecule has 1 saturated heterocycles. The molecule has 0 aliphatic carbocycles. The molecular formula is C11H14N2O4S. The highest BCUT2D eigenvalue weighted by atomic mass is 32.2. The van der Waals surface area contributed by atoms with Gasteiger partial charge in [-0.1, -0.05) is 18.2 Å². The van der Waals surface area contributed by atoms with E-state index in [4.69, 9.17) is 0 Å². The Kier molecular flexibility index (Phi) is 3.65. The standard InChI is InChI=1S/C11H14N2O4S/c14-8-6-10(12-7-8)11(15)13-18(16,17)9-4-2-1-3-5-9/h1-5,8,10,12,14H,6-7H2,(H,13,15). The minimum Gasteiger partial charge on any atom is -0.392 e. The second-order valence-corrected chi connectivity index (χ2v) is 5.82. The van der Waals surface area contributed by atoms with E-state index in [0.29, 0.717) is 6.54 Å². The van der Waals surface area contributed by atoms with Gasteiger partial charge in [0.2, 0.25) is 0 Å². The maximum atomic E-state index is 11.9. The van der Waals surface area contributed by atoms with Crippen molar-refractivity contribution in [1.82, 2.24) is 10.0 Å². The molecule has 1 amide bonds. The van der Waals surface area contributed by atoms with E-state index in [0.717, 1.165) is 0 Å².